The molecule has 0 spiro atoms. The third kappa shape index (κ3) is 2.72. The fraction of sp³-hybridized carbons (Fsp3) is 0.462. The van der Waals surface area contributed by atoms with Gasteiger partial charge in [0.25, 0.3) is 0 Å². The predicted octanol–water partition coefficient (Wildman–Crippen LogP) is 3.54. The van der Waals surface area contributed by atoms with E-state index in [4.69, 9.17) is 21.4 Å². The minimum atomic E-state index is -0.884. The average molecular weight is 257 g/mol. The van der Waals surface area contributed by atoms with Crippen molar-refractivity contribution in [2.45, 2.75) is 33.6 Å². The van der Waals surface area contributed by atoms with Crippen LogP contribution in [0.5, 0.6) is 5.75 Å². The molecule has 1 unspecified atom stereocenters. The van der Waals surface area contributed by atoms with Crippen molar-refractivity contribution in [3.8, 4) is 5.75 Å². The van der Waals surface area contributed by atoms with Crippen molar-refractivity contribution in [1.29, 1.82) is 0 Å². The molecule has 0 saturated carbocycles. The van der Waals surface area contributed by atoms with Crippen LogP contribution in [0.1, 0.15) is 36.5 Å². The molecule has 0 bridgehead atoms. The van der Waals surface area contributed by atoms with Gasteiger partial charge in [-0.15, -0.1) is 0 Å². The van der Waals surface area contributed by atoms with E-state index in [9.17, 15) is 4.79 Å². The molecule has 1 aromatic rings. The Morgan fingerprint density at radius 3 is 2.53 bits per heavy atom. The lowest BCUT2D eigenvalue weighted by atomic mass is 9.95. The van der Waals surface area contributed by atoms with Gasteiger partial charge >= 0.3 is 5.97 Å². The molecular weight excluding hydrogens is 240 g/mol. The van der Waals surface area contributed by atoms with Crippen LogP contribution in [0.2, 0.25) is 5.02 Å². The lowest BCUT2D eigenvalue weighted by Crippen LogP contribution is -2.11. The van der Waals surface area contributed by atoms with E-state index in [2.05, 4.69) is 0 Å². The van der Waals surface area contributed by atoms with Gasteiger partial charge < -0.3 is 9.84 Å². The number of carboxylic acid groups (broad SMARTS) is 1. The summed E-state index contributed by atoms with van der Waals surface area (Å²) < 4.78 is 5.55. The van der Waals surface area contributed by atoms with Crippen LogP contribution in [0.25, 0.3) is 0 Å². The molecule has 1 atom stereocenters. The highest BCUT2D eigenvalue weighted by Gasteiger charge is 2.22. The van der Waals surface area contributed by atoms with Crippen LogP contribution in [-0.4, -0.2) is 17.7 Å². The van der Waals surface area contributed by atoms with Gasteiger partial charge in [0.1, 0.15) is 5.75 Å². The third-order valence-corrected chi connectivity index (χ3v) is 3.32. The molecule has 0 amide bonds. The standard InChI is InChI=1S/C13H17ClO3/c1-5-17-12-8(3)7(2)11(14)6-10(12)9(4)13(15)16/h6,9H,5H2,1-4H3,(H,15,16). The van der Waals surface area contributed by atoms with E-state index in [1.54, 1.807) is 13.0 Å². The van der Waals surface area contributed by atoms with Gasteiger partial charge in [0, 0.05) is 10.6 Å². The number of aliphatic carboxylic acids is 1. The number of halogens is 1. The second-order valence-electron chi connectivity index (χ2n) is 4.02. The molecular formula is C13H17ClO3. The lowest BCUT2D eigenvalue weighted by Gasteiger charge is -2.18. The van der Waals surface area contributed by atoms with E-state index >= 15 is 0 Å². The highest BCUT2D eigenvalue weighted by atomic mass is 35.5. The molecule has 0 aliphatic rings. The van der Waals surface area contributed by atoms with Gasteiger partial charge in [-0.3, -0.25) is 4.79 Å². The zero-order valence-electron chi connectivity index (χ0n) is 10.5. The van der Waals surface area contributed by atoms with E-state index < -0.39 is 11.9 Å². The molecule has 0 aliphatic carbocycles. The first-order chi connectivity index (χ1) is 7.90. The smallest absolute Gasteiger partial charge is 0.310 e. The van der Waals surface area contributed by atoms with Crippen molar-refractivity contribution in [2.24, 2.45) is 0 Å². The molecule has 4 heteroatoms. The number of rotatable bonds is 4. The summed E-state index contributed by atoms with van der Waals surface area (Å²) in [7, 11) is 0. The molecule has 0 aliphatic heterocycles. The summed E-state index contributed by atoms with van der Waals surface area (Å²) in [6.07, 6.45) is 0. The minimum absolute atomic E-state index is 0.501. The number of hydrogen-bond donors (Lipinski definition) is 1. The van der Waals surface area contributed by atoms with Crippen molar-refractivity contribution < 1.29 is 14.6 Å². The summed E-state index contributed by atoms with van der Waals surface area (Å²) in [6, 6.07) is 1.69. The van der Waals surface area contributed by atoms with Crippen LogP contribution in [0.3, 0.4) is 0 Å². The van der Waals surface area contributed by atoms with E-state index in [1.807, 2.05) is 20.8 Å². The number of carbonyl (C=O) groups is 1. The zero-order chi connectivity index (χ0) is 13.2. The fourth-order valence-electron chi connectivity index (χ4n) is 1.67. The number of ether oxygens (including phenoxy) is 1. The Kier molecular flexibility index (Phi) is 4.40. The van der Waals surface area contributed by atoms with Gasteiger partial charge in [0.05, 0.1) is 12.5 Å². The maximum Gasteiger partial charge on any atom is 0.310 e. The Morgan fingerprint density at radius 1 is 1.47 bits per heavy atom. The monoisotopic (exact) mass is 256 g/mol. The summed E-state index contributed by atoms with van der Waals surface area (Å²) in [5.74, 6) is -0.872. The molecule has 0 aromatic heterocycles. The summed E-state index contributed by atoms with van der Waals surface area (Å²) in [5, 5.41) is 9.66. The molecule has 1 rings (SSSR count). The first kappa shape index (κ1) is 13.8. The Balaban J connectivity index is 3.41. The van der Waals surface area contributed by atoms with Gasteiger partial charge in [-0.1, -0.05) is 11.6 Å². The molecule has 0 radical (unpaired) electrons. The SMILES string of the molecule is CCOc1c(C(C)C(=O)O)cc(Cl)c(C)c1C. The van der Waals surface area contributed by atoms with Crippen molar-refractivity contribution in [2.75, 3.05) is 6.61 Å². The molecule has 0 fully saturated rings. The molecule has 3 nitrogen and oxygen atoms in total. The number of benzene rings is 1. The number of hydrogen-bond acceptors (Lipinski definition) is 2. The van der Waals surface area contributed by atoms with Crippen LogP contribution in [-0.2, 0) is 4.79 Å². The minimum Gasteiger partial charge on any atom is -0.493 e. The van der Waals surface area contributed by atoms with Crippen molar-refractivity contribution >= 4 is 17.6 Å². The quantitative estimate of drug-likeness (QED) is 0.896. The molecule has 0 saturated heterocycles. The highest BCUT2D eigenvalue weighted by molar-refractivity contribution is 6.31. The number of carboxylic acids is 1. The topological polar surface area (TPSA) is 46.5 Å². The Bertz CT molecular complexity index is 441. The maximum absolute atomic E-state index is 11.1. The Hall–Kier alpha value is -1.22. The zero-order valence-corrected chi connectivity index (χ0v) is 11.3. The van der Waals surface area contributed by atoms with Gasteiger partial charge in [0.15, 0.2) is 0 Å². The second kappa shape index (κ2) is 5.41. The van der Waals surface area contributed by atoms with Crippen molar-refractivity contribution in [1.82, 2.24) is 0 Å². The first-order valence-electron chi connectivity index (χ1n) is 5.55. The van der Waals surface area contributed by atoms with Crippen LogP contribution in [0.15, 0.2) is 6.07 Å². The van der Waals surface area contributed by atoms with E-state index in [-0.39, 0.29) is 0 Å². The van der Waals surface area contributed by atoms with Crippen molar-refractivity contribution in [3.05, 3.63) is 27.8 Å². The Labute approximate surface area is 106 Å². The normalized spacial score (nSPS) is 12.3. The summed E-state index contributed by atoms with van der Waals surface area (Å²) in [6.45, 7) is 7.80. The molecule has 1 N–H and O–H groups in total. The van der Waals surface area contributed by atoms with Crippen LogP contribution < -0.4 is 4.74 Å². The third-order valence-electron chi connectivity index (χ3n) is 2.93. The molecule has 1 aromatic carbocycles. The van der Waals surface area contributed by atoms with Gasteiger partial charge in [-0.2, -0.15) is 0 Å². The largest absolute Gasteiger partial charge is 0.493 e. The molecule has 94 valence electrons. The lowest BCUT2D eigenvalue weighted by molar-refractivity contribution is -0.138. The van der Waals surface area contributed by atoms with Crippen LogP contribution in [0, 0.1) is 13.8 Å². The first-order valence-corrected chi connectivity index (χ1v) is 5.93. The van der Waals surface area contributed by atoms with E-state index in [0.29, 0.717) is 22.9 Å². The van der Waals surface area contributed by atoms with Gasteiger partial charge in [0.2, 0.25) is 0 Å². The van der Waals surface area contributed by atoms with E-state index in [1.165, 1.54) is 0 Å². The van der Waals surface area contributed by atoms with Gasteiger partial charge in [-0.05, 0) is 44.9 Å². The predicted molar refractivity (Wildman–Crippen MR) is 68.1 cm³/mol. The highest BCUT2D eigenvalue weighted by Crippen LogP contribution is 2.36. The fourth-order valence-corrected chi connectivity index (χ4v) is 1.93. The molecule has 0 heterocycles. The van der Waals surface area contributed by atoms with Gasteiger partial charge in [-0.25, -0.2) is 0 Å². The Morgan fingerprint density at radius 2 is 2.06 bits per heavy atom. The molecule has 17 heavy (non-hydrogen) atoms. The second-order valence-corrected chi connectivity index (χ2v) is 4.43. The summed E-state index contributed by atoms with van der Waals surface area (Å²) in [5.41, 5.74) is 2.46. The van der Waals surface area contributed by atoms with Crippen LogP contribution in [0.4, 0.5) is 0 Å². The summed E-state index contributed by atoms with van der Waals surface area (Å²) in [4.78, 5) is 11.1. The maximum atomic E-state index is 11.1. The summed E-state index contributed by atoms with van der Waals surface area (Å²) >= 11 is 6.09. The average Bonchev–Trinajstić information content (AvgIpc) is 2.28. The van der Waals surface area contributed by atoms with E-state index in [0.717, 1.165) is 11.1 Å². The van der Waals surface area contributed by atoms with Crippen LogP contribution >= 0.6 is 11.6 Å². The van der Waals surface area contributed by atoms with Crippen molar-refractivity contribution in [3.63, 3.8) is 0 Å².